The average molecular weight is 452 g/mol. The molecule has 4 rings (SSSR count). The van der Waals surface area contributed by atoms with Gasteiger partial charge in [0.1, 0.15) is 11.5 Å². The quantitative estimate of drug-likeness (QED) is 0.559. The Morgan fingerprint density at radius 3 is 2.61 bits per heavy atom. The fourth-order valence-electron chi connectivity index (χ4n) is 3.89. The van der Waals surface area contributed by atoms with Gasteiger partial charge in [0.15, 0.2) is 0 Å². The van der Waals surface area contributed by atoms with E-state index in [-0.39, 0.29) is 49.6 Å². The molecule has 3 amide bonds. The van der Waals surface area contributed by atoms with Crippen LogP contribution in [0.15, 0.2) is 42.5 Å². The van der Waals surface area contributed by atoms with Crippen LogP contribution in [0.3, 0.4) is 0 Å². The summed E-state index contributed by atoms with van der Waals surface area (Å²) in [5.41, 5.74) is 1.13. The monoisotopic (exact) mass is 452 g/mol. The SMILES string of the molecule is O=C(O)CCCC(=O)Nc1cccc(Oc2ccc3c(c2)C(=O)N(CC2CCCO2)C3=O)c1. The minimum atomic E-state index is -0.942. The number of carboxylic acid groups (broad SMARTS) is 1. The molecule has 2 aliphatic rings. The van der Waals surface area contributed by atoms with Crippen molar-refractivity contribution < 1.29 is 33.8 Å². The van der Waals surface area contributed by atoms with Gasteiger partial charge < -0.3 is 19.9 Å². The highest BCUT2D eigenvalue weighted by atomic mass is 16.5. The van der Waals surface area contributed by atoms with Crippen LogP contribution in [0.1, 0.15) is 52.8 Å². The zero-order valence-corrected chi connectivity index (χ0v) is 17.9. The predicted octanol–water partition coefficient (Wildman–Crippen LogP) is 3.45. The maximum absolute atomic E-state index is 12.8. The average Bonchev–Trinajstić information content (AvgIpc) is 3.37. The number of hydrogen-bond acceptors (Lipinski definition) is 6. The summed E-state index contributed by atoms with van der Waals surface area (Å²) in [6.45, 7) is 0.893. The molecule has 0 aliphatic carbocycles. The Hall–Kier alpha value is -3.72. The molecule has 2 aromatic rings. The van der Waals surface area contributed by atoms with Crippen LogP contribution < -0.4 is 10.1 Å². The third kappa shape index (κ3) is 5.38. The molecule has 0 radical (unpaired) electrons. The van der Waals surface area contributed by atoms with Gasteiger partial charge in [0.25, 0.3) is 11.8 Å². The molecule has 9 nitrogen and oxygen atoms in total. The maximum atomic E-state index is 12.8. The Morgan fingerprint density at radius 1 is 1.06 bits per heavy atom. The number of benzene rings is 2. The first kappa shape index (κ1) is 22.5. The number of hydrogen-bond donors (Lipinski definition) is 2. The zero-order valence-electron chi connectivity index (χ0n) is 17.9. The molecular weight excluding hydrogens is 428 g/mol. The van der Waals surface area contributed by atoms with Crippen molar-refractivity contribution in [2.45, 2.75) is 38.2 Å². The largest absolute Gasteiger partial charge is 0.481 e. The van der Waals surface area contributed by atoms with Gasteiger partial charge in [-0.25, -0.2) is 0 Å². The first-order valence-corrected chi connectivity index (χ1v) is 10.8. The van der Waals surface area contributed by atoms with Crippen LogP contribution >= 0.6 is 0 Å². The molecule has 2 N–H and O–H groups in total. The van der Waals surface area contributed by atoms with E-state index in [1.807, 2.05) is 0 Å². The topological polar surface area (TPSA) is 122 Å². The van der Waals surface area contributed by atoms with Gasteiger partial charge in [-0.15, -0.1) is 0 Å². The van der Waals surface area contributed by atoms with Crippen LogP contribution in [0.2, 0.25) is 0 Å². The Labute approximate surface area is 190 Å². The molecule has 0 spiro atoms. The Morgan fingerprint density at radius 2 is 1.85 bits per heavy atom. The highest BCUT2D eigenvalue weighted by Crippen LogP contribution is 2.31. The zero-order chi connectivity index (χ0) is 23.4. The lowest BCUT2D eigenvalue weighted by Crippen LogP contribution is -2.36. The third-order valence-corrected chi connectivity index (χ3v) is 5.50. The summed E-state index contributed by atoms with van der Waals surface area (Å²) in [6, 6.07) is 11.5. The van der Waals surface area contributed by atoms with E-state index in [0.29, 0.717) is 34.9 Å². The van der Waals surface area contributed by atoms with Crippen LogP contribution in [0.5, 0.6) is 11.5 Å². The minimum absolute atomic E-state index is 0.0682. The van der Waals surface area contributed by atoms with Crippen molar-refractivity contribution in [1.82, 2.24) is 4.90 Å². The number of carboxylic acids is 1. The second-order valence-corrected chi connectivity index (χ2v) is 7.99. The summed E-state index contributed by atoms with van der Waals surface area (Å²) in [6.07, 6.45) is 1.91. The summed E-state index contributed by atoms with van der Waals surface area (Å²) >= 11 is 0. The maximum Gasteiger partial charge on any atom is 0.303 e. The number of anilines is 1. The van der Waals surface area contributed by atoms with Crippen molar-refractivity contribution in [2.75, 3.05) is 18.5 Å². The van der Waals surface area contributed by atoms with E-state index in [2.05, 4.69) is 5.32 Å². The van der Waals surface area contributed by atoms with Gasteiger partial charge in [0.2, 0.25) is 5.91 Å². The Bertz CT molecular complexity index is 1090. The fraction of sp³-hybridized carbons (Fsp3) is 0.333. The van der Waals surface area contributed by atoms with E-state index < -0.39 is 5.97 Å². The Kier molecular flexibility index (Phi) is 6.69. The normalized spacial score (nSPS) is 17.2. The molecule has 1 atom stereocenters. The highest BCUT2D eigenvalue weighted by molar-refractivity contribution is 6.21. The Balaban J connectivity index is 1.41. The minimum Gasteiger partial charge on any atom is -0.481 e. The lowest BCUT2D eigenvalue weighted by Gasteiger charge is -2.17. The lowest BCUT2D eigenvalue weighted by atomic mass is 10.1. The third-order valence-electron chi connectivity index (χ3n) is 5.50. The molecule has 2 aromatic carbocycles. The molecule has 2 aliphatic heterocycles. The van der Waals surface area contributed by atoms with Gasteiger partial charge in [-0.1, -0.05) is 6.07 Å². The lowest BCUT2D eigenvalue weighted by molar-refractivity contribution is -0.137. The molecule has 172 valence electrons. The fourth-order valence-corrected chi connectivity index (χ4v) is 3.89. The van der Waals surface area contributed by atoms with Gasteiger partial charge in [0.05, 0.1) is 23.8 Å². The number of carbonyl (C=O) groups excluding carboxylic acids is 3. The van der Waals surface area contributed by atoms with E-state index in [1.165, 1.54) is 4.90 Å². The van der Waals surface area contributed by atoms with E-state index in [1.54, 1.807) is 42.5 Å². The number of ether oxygens (including phenoxy) is 2. The van der Waals surface area contributed by atoms with Crippen molar-refractivity contribution in [3.8, 4) is 11.5 Å². The van der Waals surface area contributed by atoms with Crippen LogP contribution in [0, 0.1) is 0 Å². The molecular formula is C24H24N2O7. The van der Waals surface area contributed by atoms with Crippen LogP contribution in [0.25, 0.3) is 0 Å². The predicted molar refractivity (Wildman–Crippen MR) is 117 cm³/mol. The van der Waals surface area contributed by atoms with Gasteiger partial charge in [-0.3, -0.25) is 24.1 Å². The molecule has 0 bridgehead atoms. The summed E-state index contributed by atoms with van der Waals surface area (Å²) in [5, 5.41) is 11.4. The van der Waals surface area contributed by atoms with Crippen LogP contribution in [-0.2, 0) is 14.3 Å². The number of rotatable bonds is 9. The second-order valence-electron chi connectivity index (χ2n) is 7.99. The standard InChI is InChI=1S/C24H24N2O7/c27-21(7-2-8-22(28)29)25-15-4-1-5-16(12-15)33-17-9-10-19-20(13-17)24(31)26(23(19)30)14-18-6-3-11-32-18/h1,4-5,9-10,12-13,18H,2-3,6-8,11,14H2,(H,25,27)(H,28,29). The first-order chi connectivity index (χ1) is 15.9. The number of aliphatic carboxylic acids is 1. The van der Waals surface area contributed by atoms with Crippen molar-refractivity contribution >= 4 is 29.4 Å². The van der Waals surface area contributed by atoms with Gasteiger partial charge >= 0.3 is 5.97 Å². The number of nitrogens with one attached hydrogen (secondary N) is 1. The first-order valence-electron chi connectivity index (χ1n) is 10.8. The van der Waals surface area contributed by atoms with Crippen molar-refractivity contribution in [3.63, 3.8) is 0 Å². The van der Waals surface area contributed by atoms with Gasteiger partial charge in [-0.2, -0.15) is 0 Å². The molecule has 0 saturated carbocycles. The van der Waals surface area contributed by atoms with Crippen LogP contribution in [-0.4, -0.2) is 53.0 Å². The van der Waals surface area contributed by atoms with Crippen LogP contribution in [0.4, 0.5) is 5.69 Å². The van der Waals surface area contributed by atoms with Gasteiger partial charge in [-0.05, 0) is 49.6 Å². The summed E-state index contributed by atoms with van der Waals surface area (Å²) in [4.78, 5) is 49.3. The van der Waals surface area contributed by atoms with E-state index in [4.69, 9.17) is 14.6 Å². The smallest absolute Gasteiger partial charge is 0.303 e. The number of imide groups is 1. The number of carbonyl (C=O) groups is 4. The molecule has 0 aromatic heterocycles. The number of amides is 3. The molecule has 1 saturated heterocycles. The second kappa shape index (κ2) is 9.83. The summed E-state index contributed by atoms with van der Waals surface area (Å²) < 4.78 is 11.4. The summed E-state index contributed by atoms with van der Waals surface area (Å²) in [5.74, 6) is -1.10. The molecule has 33 heavy (non-hydrogen) atoms. The molecule has 2 heterocycles. The molecule has 1 fully saturated rings. The summed E-state index contributed by atoms with van der Waals surface area (Å²) in [7, 11) is 0. The van der Waals surface area contributed by atoms with Crippen molar-refractivity contribution in [1.29, 1.82) is 0 Å². The van der Waals surface area contributed by atoms with E-state index in [9.17, 15) is 19.2 Å². The van der Waals surface area contributed by atoms with Crippen molar-refractivity contribution in [2.24, 2.45) is 0 Å². The number of nitrogens with zero attached hydrogens (tertiary/aromatic N) is 1. The molecule has 9 heteroatoms. The van der Waals surface area contributed by atoms with Crippen molar-refractivity contribution in [3.05, 3.63) is 53.6 Å². The molecule has 1 unspecified atom stereocenters. The van der Waals surface area contributed by atoms with Gasteiger partial charge in [0, 0.05) is 31.2 Å². The highest BCUT2D eigenvalue weighted by Gasteiger charge is 2.37. The van der Waals surface area contributed by atoms with E-state index >= 15 is 0 Å². The van der Waals surface area contributed by atoms with E-state index in [0.717, 1.165) is 12.8 Å². The number of fused-ring (bicyclic) bond motifs is 1.